The molecular formula is C23H34N2O4S. The van der Waals surface area contributed by atoms with Gasteiger partial charge in [0.05, 0.1) is 24.2 Å². The minimum absolute atomic E-state index is 0.316. The van der Waals surface area contributed by atoms with Gasteiger partial charge in [-0.25, -0.2) is 8.42 Å². The second kappa shape index (κ2) is 8.71. The lowest BCUT2D eigenvalue weighted by molar-refractivity contribution is -0.0268. The van der Waals surface area contributed by atoms with E-state index in [0.717, 1.165) is 12.3 Å². The van der Waals surface area contributed by atoms with Crippen molar-refractivity contribution in [2.75, 3.05) is 45.9 Å². The number of sulfonamides is 1. The van der Waals surface area contributed by atoms with E-state index in [9.17, 15) is 13.5 Å². The molecule has 7 heteroatoms. The first-order valence-electron chi connectivity index (χ1n) is 11.0. The molecule has 0 aromatic heterocycles. The molecule has 1 aliphatic heterocycles. The molecule has 0 radical (unpaired) electrons. The molecule has 5 rings (SSSR count). The van der Waals surface area contributed by atoms with E-state index in [4.69, 9.17) is 4.74 Å². The van der Waals surface area contributed by atoms with Gasteiger partial charge in [0.15, 0.2) is 0 Å². The predicted molar refractivity (Wildman–Crippen MR) is 117 cm³/mol. The summed E-state index contributed by atoms with van der Waals surface area (Å²) in [4.78, 5) is 2.45. The van der Waals surface area contributed by atoms with E-state index in [0.29, 0.717) is 62.2 Å². The van der Waals surface area contributed by atoms with E-state index in [2.05, 4.69) is 24.8 Å². The first-order chi connectivity index (χ1) is 14.3. The summed E-state index contributed by atoms with van der Waals surface area (Å²) in [6, 6.07) is 8.57. The van der Waals surface area contributed by atoms with Gasteiger partial charge in [-0.1, -0.05) is 38.1 Å². The van der Waals surface area contributed by atoms with Gasteiger partial charge >= 0.3 is 0 Å². The summed E-state index contributed by atoms with van der Waals surface area (Å²) in [5.41, 5.74) is 1.79. The van der Waals surface area contributed by atoms with Crippen molar-refractivity contribution in [3.63, 3.8) is 0 Å². The molecule has 0 amide bonds. The van der Waals surface area contributed by atoms with Crippen LogP contribution in [-0.2, 0) is 14.8 Å². The Morgan fingerprint density at radius 3 is 2.50 bits per heavy atom. The summed E-state index contributed by atoms with van der Waals surface area (Å²) in [5, 5.41) is 10.4. The van der Waals surface area contributed by atoms with Crippen molar-refractivity contribution in [2.45, 2.75) is 37.7 Å². The third-order valence-electron chi connectivity index (χ3n) is 7.34. The molecule has 166 valence electrons. The number of piperazine rings is 1. The summed E-state index contributed by atoms with van der Waals surface area (Å²) >= 11 is 0. The van der Waals surface area contributed by atoms with Gasteiger partial charge in [-0.05, 0) is 47.8 Å². The largest absolute Gasteiger partial charge is 0.389 e. The van der Waals surface area contributed by atoms with Crippen molar-refractivity contribution in [3.05, 3.63) is 42.0 Å². The molecular weight excluding hydrogens is 400 g/mol. The SMILES string of the molecule is CC1(C)C2CC=C(COCC(O)CN3CCN(S(=O)(=O)c4ccccc4)CC3)C1C2. The normalized spacial score (nSPS) is 27.9. The Kier molecular flexibility index (Phi) is 6.38. The minimum atomic E-state index is -3.44. The fourth-order valence-corrected chi connectivity index (χ4v) is 6.64. The van der Waals surface area contributed by atoms with E-state index in [-0.39, 0.29) is 0 Å². The lowest BCUT2D eigenvalue weighted by Gasteiger charge is -2.56. The highest BCUT2D eigenvalue weighted by molar-refractivity contribution is 7.89. The fourth-order valence-electron chi connectivity index (χ4n) is 5.20. The van der Waals surface area contributed by atoms with Gasteiger partial charge in [0.1, 0.15) is 0 Å². The van der Waals surface area contributed by atoms with Crippen LogP contribution in [0.5, 0.6) is 0 Å². The molecule has 2 bridgehead atoms. The summed E-state index contributed by atoms with van der Waals surface area (Å²) < 4.78 is 32.8. The quantitative estimate of drug-likeness (QED) is 0.636. The lowest BCUT2D eigenvalue weighted by atomic mass is 9.49. The van der Waals surface area contributed by atoms with E-state index in [1.807, 2.05) is 6.07 Å². The van der Waals surface area contributed by atoms with Crippen LogP contribution in [0.1, 0.15) is 26.7 Å². The van der Waals surface area contributed by atoms with Crippen LogP contribution < -0.4 is 0 Å². The second-order valence-corrected chi connectivity index (χ2v) is 11.4. The van der Waals surface area contributed by atoms with Crippen molar-refractivity contribution < 1.29 is 18.3 Å². The van der Waals surface area contributed by atoms with Crippen LogP contribution in [0, 0.1) is 17.3 Å². The molecule has 1 N–H and O–H groups in total. The summed E-state index contributed by atoms with van der Waals surface area (Å²) in [5.74, 6) is 1.45. The third kappa shape index (κ3) is 4.36. The number of fused-ring (bicyclic) bond motifs is 1. The fraction of sp³-hybridized carbons (Fsp3) is 0.652. The molecule has 0 spiro atoms. The van der Waals surface area contributed by atoms with E-state index >= 15 is 0 Å². The molecule has 30 heavy (non-hydrogen) atoms. The number of aliphatic hydroxyl groups excluding tert-OH is 1. The highest BCUT2D eigenvalue weighted by Crippen LogP contribution is 2.59. The topological polar surface area (TPSA) is 70.1 Å². The molecule has 1 aromatic rings. The maximum atomic E-state index is 12.7. The van der Waals surface area contributed by atoms with Gasteiger partial charge in [0, 0.05) is 32.7 Å². The zero-order valence-electron chi connectivity index (χ0n) is 18.0. The van der Waals surface area contributed by atoms with E-state index in [1.165, 1.54) is 16.3 Å². The molecule has 3 aliphatic carbocycles. The highest BCUT2D eigenvalue weighted by Gasteiger charge is 2.50. The number of allylic oxidation sites excluding steroid dienone is 1. The molecule has 3 atom stereocenters. The Morgan fingerprint density at radius 1 is 1.17 bits per heavy atom. The third-order valence-corrected chi connectivity index (χ3v) is 9.26. The standard InChI is InChI=1S/C23H34N2O4S/c1-23(2)19-9-8-18(22(23)14-19)16-29-17-20(26)15-24-10-12-25(13-11-24)30(27,28)21-6-4-3-5-7-21/h3-8,19-20,22,26H,9-17H2,1-2H3. The Hall–Kier alpha value is -1.25. The molecule has 4 aliphatic rings. The molecule has 3 unspecified atom stereocenters. The Bertz CT molecular complexity index is 860. The number of rotatable bonds is 8. The molecule has 1 aromatic carbocycles. The Balaban J connectivity index is 1.19. The van der Waals surface area contributed by atoms with E-state index in [1.54, 1.807) is 24.3 Å². The van der Waals surface area contributed by atoms with Crippen molar-refractivity contribution in [1.29, 1.82) is 0 Å². The summed E-state index contributed by atoms with van der Waals surface area (Å²) in [6.45, 7) is 8.26. The van der Waals surface area contributed by atoms with Gasteiger partial charge in [0.25, 0.3) is 0 Å². The van der Waals surface area contributed by atoms with Gasteiger partial charge < -0.3 is 9.84 Å². The molecule has 6 nitrogen and oxygen atoms in total. The molecule has 1 saturated carbocycles. The number of nitrogens with zero attached hydrogens (tertiary/aromatic N) is 2. The van der Waals surface area contributed by atoms with Crippen LogP contribution in [0.4, 0.5) is 0 Å². The minimum Gasteiger partial charge on any atom is -0.389 e. The number of aliphatic hydroxyl groups is 1. The zero-order valence-corrected chi connectivity index (χ0v) is 18.9. The van der Waals surface area contributed by atoms with Crippen LogP contribution in [-0.4, -0.2) is 74.8 Å². The number of β-amino-alcohol motifs (C(OH)–C–C–N with tert-alkyl or cyclic N) is 1. The first-order valence-corrected chi connectivity index (χ1v) is 12.4. The molecule has 1 heterocycles. The van der Waals surface area contributed by atoms with Crippen molar-refractivity contribution >= 4 is 10.0 Å². The van der Waals surface area contributed by atoms with Crippen molar-refractivity contribution in [3.8, 4) is 0 Å². The number of ether oxygens (including phenoxy) is 1. The summed E-state index contributed by atoms with van der Waals surface area (Å²) in [7, 11) is -3.44. The highest BCUT2D eigenvalue weighted by atomic mass is 32.2. The average molecular weight is 435 g/mol. The number of benzene rings is 1. The maximum absolute atomic E-state index is 12.7. The maximum Gasteiger partial charge on any atom is 0.243 e. The summed E-state index contributed by atoms with van der Waals surface area (Å²) in [6.07, 6.45) is 4.21. The van der Waals surface area contributed by atoms with E-state index < -0.39 is 16.1 Å². The van der Waals surface area contributed by atoms with Crippen molar-refractivity contribution in [2.24, 2.45) is 17.3 Å². The monoisotopic (exact) mass is 434 g/mol. The van der Waals surface area contributed by atoms with Crippen LogP contribution in [0.25, 0.3) is 0 Å². The average Bonchev–Trinajstić information content (AvgIpc) is 2.74. The van der Waals surface area contributed by atoms with Gasteiger partial charge in [-0.3, -0.25) is 4.90 Å². The zero-order chi connectivity index (χ0) is 21.4. The van der Waals surface area contributed by atoms with Crippen LogP contribution in [0.3, 0.4) is 0 Å². The van der Waals surface area contributed by atoms with Gasteiger partial charge in [0.2, 0.25) is 10.0 Å². The first kappa shape index (κ1) is 22.0. The van der Waals surface area contributed by atoms with Gasteiger partial charge in [-0.15, -0.1) is 0 Å². The Labute approximate surface area is 180 Å². The van der Waals surface area contributed by atoms with Crippen LogP contribution in [0.15, 0.2) is 46.9 Å². The number of hydrogen-bond acceptors (Lipinski definition) is 5. The number of hydrogen-bond donors (Lipinski definition) is 1. The molecule has 1 saturated heterocycles. The van der Waals surface area contributed by atoms with Crippen LogP contribution >= 0.6 is 0 Å². The smallest absolute Gasteiger partial charge is 0.243 e. The lowest BCUT2D eigenvalue weighted by Crippen LogP contribution is -2.50. The predicted octanol–water partition coefficient (Wildman–Crippen LogP) is 2.36. The van der Waals surface area contributed by atoms with Crippen molar-refractivity contribution in [1.82, 2.24) is 9.21 Å². The molecule has 2 fully saturated rings. The van der Waals surface area contributed by atoms with Gasteiger partial charge in [-0.2, -0.15) is 4.31 Å². The second-order valence-electron chi connectivity index (χ2n) is 9.51. The Morgan fingerprint density at radius 2 is 1.87 bits per heavy atom. The van der Waals surface area contributed by atoms with Crippen LogP contribution in [0.2, 0.25) is 0 Å².